The van der Waals surface area contributed by atoms with Crippen molar-refractivity contribution in [2.45, 2.75) is 19.3 Å². The molecule has 2 N–H and O–H groups in total. The number of carbonyl (C=O) groups excluding carboxylic acids is 2. The number of nitrogens with one attached hydrogen (secondary N) is 2. The molecule has 2 amide bonds. The van der Waals surface area contributed by atoms with Crippen LogP contribution in [0.3, 0.4) is 0 Å². The van der Waals surface area contributed by atoms with Gasteiger partial charge in [0.05, 0.1) is 18.4 Å². The van der Waals surface area contributed by atoms with E-state index in [0.29, 0.717) is 11.3 Å². The molecular weight excluding hydrogens is 396 g/mol. The zero-order chi connectivity index (χ0) is 18.4. The van der Waals surface area contributed by atoms with Gasteiger partial charge in [-0.1, -0.05) is 15.9 Å². The topological polar surface area (TPSA) is 74.3 Å². The van der Waals surface area contributed by atoms with Crippen LogP contribution in [0, 0.1) is 0 Å². The first-order valence-electron chi connectivity index (χ1n) is 8.66. The van der Waals surface area contributed by atoms with E-state index >= 15 is 0 Å². The number of halogens is 1. The Morgan fingerprint density at radius 1 is 1.04 bits per heavy atom. The summed E-state index contributed by atoms with van der Waals surface area (Å²) in [6.45, 7) is 1.96. The molecule has 0 saturated carbocycles. The number of anilines is 2. The second-order valence-corrected chi connectivity index (χ2v) is 7.11. The molecule has 136 valence electrons. The fraction of sp³-hybridized carbons (Fsp3) is 0.316. The van der Waals surface area contributed by atoms with Gasteiger partial charge < -0.3 is 15.5 Å². The molecule has 0 aliphatic carbocycles. The van der Waals surface area contributed by atoms with E-state index in [0.717, 1.165) is 23.4 Å². The third kappa shape index (κ3) is 5.05. The Bertz CT molecular complexity index is 756. The number of hydrogen-bond acceptors (Lipinski definition) is 4. The van der Waals surface area contributed by atoms with Gasteiger partial charge in [-0.05, 0) is 55.7 Å². The number of pyridine rings is 1. The van der Waals surface area contributed by atoms with Gasteiger partial charge in [0.1, 0.15) is 5.82 Å². The first-order chi connectivity index (χ1) is 12.6. The Kier molecular flexibility index (Phi) is 6.22. The van der Waals surface area contributed by atoms with Crippen LogP contribution in [-0.2, 0) is 4.79 Å². The fourth-order valence-corrected chi connectivity index (χ4v) is 3.10. The van der Waals surface area contributed by atoms with E-state index in [1.165, 1.54) is 19.3 Å². The molecule has 1 aliphatic heterocycles. The summed E-state index contributed by atoms with van der Waals surface area (Å²) in [6.07, 6.45) is 5.31. The highest BCUT2D eigenvalue weighted by Crippen LogP contribution is 2.18. The molecule has 2 heterocycles. The van der Waals surface area contributed by atoms with Crippen molar-refractivity contribution in [1.82, 2.24) is 10.3 Å². The van der Waals surface area contributed by atoms with Crippen LogP contribution in [-0.4, -0.2) is 36.4 Å². The third-order valence-electron chi connectivity index (χ3n) is 4.23. The van der Waals surface area contributed by atoms with Gasteiger partial charge in [0.2, 0.25) is 5.91 Å². The maximum Gasteiger partial charge on any atom is 0.251 e. The third-order valence-corrected chi connectivity index (χ3v) is 4.76. The van der Waals surface area contributed by atoms with Gasteiger partial charge in [-0.3, -0.25) is 9.59 Å². The van der Waals surface area contributed by atoms with Crippen molar-refractivity contribution < 1.29 is 9.59 Å². The lowest BCUT2D eigenvalue weighted by Gasteiger charge is -2.27. The molecule has 2 aromatic rings. The van der Waals surface area contributed by atoms with E-state index in [1.807, 2.05) is 12.1 Å². The highest BCUT2D eigenvalue weighted by Gasteiger charge is 2.12. The van der Waals surface area contributed by atoms with Crippen molar-refractivity contribution in [3.63, 3.8) is 0 Å². The van der Waals surface area contributed by atoms with Crippen LogP contribution in [0.15, 0.2) is 47.1 Å². The van der Waals surface area contributed by atoms with Crippen molar-refractivity contribution in [1.29, 1.82) is 0 Å². The summed E-state index contributed by atoms with van der Waals surface area (Å²) in [6, 6.07) is 10.7. The number of nitrogens with zero attached hydrogens (tertiary/aromatic N) is 2. The minimum absolute atomic E-state index is 0.0945. The maximum absolute atomic E-state index is 12.0. The monoisotopic (exact) mass is 416 g/mol. The van der Waals surface area contributed by atoms with Crippen molar-refractivity contribution in [2.24, 2.45) is 0 Å². The molecule has 0 unspecified atom stereocenters. The number of benzene rings is 1. The largest absolute Gasteiger partial charge is 0.357 e. The molecule has 1 saturated heterocycles. The lowest BCUT2D eigenvalue weighted by Crippen LogP contribution is -2.33. The lowest BCUT2D eigenvalue weighted by atomic mass is 10.1. The van der Waals surface area contributed by atoms with Crippen LogP contribution in [0.25, 0.3) is 0 Å². The molecule has 0 radical (unpaired) electrons. The molecule has 1 fully saturated rings. The van der Waals surface area contributed by atoms with Crippen LogP contribution in [0.4, 0.5) is 11.5 Å². The van der Waals surface area contributed by atoms with Crippen molar-refractivity contribution in [2.75, 3.05) is 29.9 Å². The number of hydrogen-bond donors (Lipinski definition) is 2. The predicted molar refractivity (Wildman–Crippen MR) is 105 cm³/mol. The second-order valence-electron chi connectivity index (χ2n) is 6.19. The minimum atomic E-state index is -0.289. The Balaban J connectivity index is 1.48. The zero-order valence-corrected chi connectivity index (χ0v) is 16.0. The molecule has 7 heteroatoms. The zero-order valence-electron chi connectivity index (χ0n) is 14.4. The number of aromatic nitrogens is 1. The van der Waals surface area contributed by atoms with Crippen molar-refractivity contribution in [3.8, 4) is 0 Å². The molecule has 3 rings (SSSR count). The van der Waals surface area contributed by atoms with Crippen molar-refractivity contribution >= 4 is 39.2 Å². The Hall–Kier alpha value is -2.41. The highest BCUT2D eigenvalue weighted by atomic mass is 79.9. The van der Waals surface area contributed by atoms with Gasteiger partial charge in [0, 0.05) is 23.1 Å². The van der Waals surface area contributed by atoms with Crippen LogP contribution < -0.4 is 15.5 Å². The van der Waals surface area contributed by atoms with E-state index in [4.69, 9.17) is 0 Å². The molecule has 0 spiro atoms. The average Bonchev–Trinajstić information content (AvgIpc) is 2.68. The number of carbonyl (C=O) groups is 2. The second kappa shape index (κ2) is 8.80. The summed E-state index contributed by atoms with van der Waals surface area (Å²) in [5.41, 5.74) is 1.13. The molecule has 1 aliphatic rings. The number of piperidine rings is 1. The van der Waals surface area contributed by atoms with E-state index in [-0.39, 0.29) is 18.4 Å². The van der Waals surface area contributed by atoms with Crippen LogP contribution >= 0.6 is 15.9 Å². The van der Waals surface area contributed by atoms with E-state index in [2.05, 4.69) is 36.4 Å². The first-order valence-corrected chi connectivity index (χ1v) is 9.46. The summed E-state index contributed by atoms with van der Waals surface area (Å²) in [4.78, 5) is 30.7. The molecule has 0 bridgehead atoms. The summed E-state index contributed by atoms with van der Waals surface area (Å²) in [5, 5.41) is 5.35. The standard InChI is InChI=1S/C19H21BrN4O2/c20-15-6-4-14(5-7-15)19(26)22-13-18(25)23-16-8-9-17(21-12-16)24-10-2-1-3-11-24/h4-9,12H,1-3,10-11,13H2,(H,22,26)(H,23,25). The average molecular weight is 417 g/mol. The highest BCUT2D eigenvalue weighted by molar-refractivity contribution is 9.10. The Labute approximate surface area is 161 Å². The molecule has 6 nitrogen and oxygen atoms in total. The lowest BCUT2D eigenvalue weighted by molar-refractivity contribution is -0.115. The normalized spacial score (nSPS) is 14.0. The SMILES string of the molecule is O=C(CNC(=O)c1ccc(Br)cc1)Nc1ccc(N2CCCCC2)nc1. The summed E-state index contributed by atoms with van der Waals surface area (Å²) in [7, 11) is 0. The van der Waals surface area contributed by atoms with Crippen LogP contribution in [0.2, 0.25) is 0 Å². The van der Waals surface area contributed by atoms with Crippen LogP contribution in [0.5, 0.6) is 0 Å². The van der Waals surface area contributed by atoms with Gasteiger partial charge >= 0.3 is 0 Å². The smallest absolute Gasteiger partial charge is 0.251 e. The first kappa shape index (κ1) is 18.4. The number of amides is 2. The Morgan fingerprint density at radius 2 is 1.77 bits per heavy atom. The Morgan fingerprint density at radius 3 is 2.42 bits per heavy atom. The van der Waals surface area contributed by atoms with Gasteiger partial charge in [0.25, 0.3) is 5.91 Å². The number of rotatable bonds is 5. The van der Waals surface area contributed by atoms with E-state index < -0.39 is 0 Å². The summed E-state index contributed by atoms with van der Waals surface area (Å²) in [5.74, 6) is 0.362. The van der Waals surface area contributed by atoms with Crippen LogP contribution in [0.1, 0.15) is 29.6 Å². The van der Waals surface area contributed by atoms with Gasteiger partial charge in [-0.15, -0.1) is 0 Å². The fourth-order valence-electron chi connectivity index (χ4n) is 2.84. The van der Waals surface area contributed by atoms with Gasteiger partial charge in [0.15, 0.2) is 0 Å². The summed E-state index contributed by atoms with van der Waals surface area (Å²) >= 11 is 3.32. The van der Waals surface area contributed by atoms with Gasteiger partial charge in [-0.2, -0.15) is 0 Å². The quantitative estimate of drug-likeness (QED) is 0.784. The van der Waals surface area contributed by atoms with Gasteiger partial charge in [-0.25, -0.2) is 4.98 Å². The molecular formula is C19H21BrN4O2. The van der Waals surface area contributed by atoms with E-state index in [1.54, 1.807) is 30.5 Å². The van der Waals surface area contributed by atoms with E-state index in [9.17, 15) is 9.59 Å². The maximum atomic E-state index is 12.0. The molecule has 1 aromatic heterocycles. The molecule has 0 atom stereocenters. The summed E-state index contributed by atoms with van der Waals surface area (Å²) < 4.78 is 0.896. The van der Waals surface area contributed by atoms with Crippen molar-refractivity contribution in [3.05, 3.63) is 52.6 Å². The molecule has 1 aromatic carbocycles. The predicted octanol–water partition coefficient (Wildman–Crippen LogP) is 3.20. The molecule has 26 heavy (non-hydrogen) atoms. The minimum Gasteiger partial charge on any atom is -0.357 e.